The van der Waals surface area contributed by atoms with Crippen LogP contribution in [0.1, 0.15) is 37.5 Å². The van der Waals surface area contributed by atoms with Gasteiger partial charge in [-0.25, -0.2) is 12.7 Å². The Labute approximate surface area is 168 Å². The molecule has 0 aromatic heterocycles. The van der Waals surface area contributed by atoms with E-state index in [1.165, 1.54) is 15.4 Å². The third-order valence-corrected chi connectivity index (χ3v) is 6.80. The summed E-state index contributed by atoms with van der Waals surface area (Å²) in [6.45, 7) is 6.23. The molecule has 0 atom stereocenters. The Kier molecular flexibility index (Phi) is 6.20. The Bertz CT molecular complexity index is 958. The van der Waals surface area contributed by atoms with Crippen molar-refractivity contribution in [2.24, 2.45) is 0 Å². The van der Waals surface area contributed by atoms with Crippen molar-refractivity contribution in [3.63, 3.8) is 0 Å². The molecule has 0 bridgehead atoms. The summed E-state index contributed by atoms with van der Waals surface area (Å²) >= 11 is 0. The van der Waals surface area contributed by atoms with Crippen LogP contribution in [0.15, 0.2) is 77.7 Å². The number of hydrogen-bond acceptors (Lipinski definition) is 2. The smallest absolute Gasteiger partial charge is 0.235 e. The molecular formula is C24H27NO2S. The molecule has 0 fully saturated rings. The van der Waals surface area contributed by atoms with Crippen LogP contribution in [0.3, 0.4) is 0 Å². The van der Waals surface area contributed by atoms with Gasteiger partial charge in [0, 0.05) is 0 Å². The van der Waals surface area contributed by atoms with E-state index in [0.29, 0.717) is 16.3 Å². The fraction of sp³-hybridized carbons (Fsp3) is 0.250. The minimum atomic E-state index is -3.74. The first kappa shape index (κ1) is 20.2. The first-order valence-electron chi connectivity index (χ1n) is 9.81. The third kappa shape index (κ3) is 4.12. The molecule has 0 unspecified atom stereocenters. The highest BCUT2D eigenvalue weighted by Crippen LogP contribution is 2.33. The van der Waals surface area contributed by atoms with E-state index in [9.17, 15) is 8.42 Å². The van der Waals surface area contributed by atoms with E-state index < -0.39 is 10.0 Å². The van der Waals surface area contributed by atoms with Gasteiger partial charge in [-0.05, 0) is 72.4 Å². The van der Waals surface area contributed by atoms with E-state index in [1.54, 1.807) is 12.1 Å². The van der Waals surface area contributed by atoms with Gasteiger partial charge >= 0.3 is 0 Å². The molecule has 0 radical (unpaired) electrons. The predicted octanol–water partition coefficient (Wildman–Crippen LogP) is 5.90. The fourth-order valence-corrected chi connectivity index (χ4v) is 4.65. The maximum absolute atomic E-state index is 13.6. The van der Waals surface area contributed by atoms with Crippen LogP contribution in [0, 0.1) is 0 Å². The molecule has 0 heterocycles. The first-order valence-corrected chi connectivity index (χ1v) is 11.3. The highest BCUT2D eigenvalue weighted by molar-refractivity contribution is 7.93. The highest BCUT2D eigenvalue weighted by atomic mass is 32.2. The molecular weight excluding hydrogens is 366 g/mol. The van der Waals surface area contributed by atoms with Gasteiger partial charge in [0.1, 0.15) is 0 Å². The van der Waals surface area contributed by atoms with Crippen molar-refractivity contribution < 1.29 is 8.42 Å². The zero-order valence-corrected chi connectivity index (χ0v) is 17.5. The van der Waals surface area contributed by atoms with Crippen molar-refractivity contribution in [1.29, 1.82) is 0 Å². The van der Waals surface area contributed by atoms with E-state index in [2.05, 4.69) is 20.8 Å². The third-order valence-electron chi connectivity index (χ3n) is 5.03. The summed E-state index contributed by atoms with van der Waals surface area (Å²) in [6.07, 6.45) is 2.70. The molecule has 0 aliphatic carbocycles. The number of anilines is 2. The second-order valence-corrected chi connectivity index (χ2v) is 8.59. The van der Waals surface area contributed by atoms with Gasteiger partial charge in [0.15, 0.2) is 0 Å². The van der Waals surface area contributed by atoms with Crippen LogP contribution in [-0.4, -0.2) is 8.42 Å². The van der Waals surface area contributed by atoms with E-state index >= 15 is 0 Å². The van der Waals surface area contributed by atoms with Crippen LogP contribution < -0.4 is 4.31 Å². The van der Waals surface area contributed by atoms with Gasteiger partial charge in [0.05, 0.1) is 16.3 Å². The molecule has 0 aliphatic rings. The molecule has 0 saturated carbocycles. The highest BCUT2D eigenvalue weighted by Gasteiger charge is 2.26. The van der Waals surface area contributed by atoms with Crippen LogP contribution >= 0.6 is 0 Å². The van der Waals surface area contributed by atoms with Crippen LogP contribution in [-0.2, 0) is 29.3 Å². The lowest BCUT2D eigenvalue weighted by Crippen LogP contribution is -2.26. The van der Waals surface area contributed by atoms with Gasteiger partial charge < -0.3 is 0 Å². The summed E-state index contributed by atoms with van der Waals surface area (Å²) in [4.78, 5) is 0.295. The summed E-state index contributed by atoms with van der Waals surface area (Å²) in [5.74, 6) is 0. The van der Waals surface area contributed by atoms with Crippen LogP contribution in [0.2, 0.25) is 0 Å². The summed E-state index contributed by atoms with van der Waals surface area (Å²) < 4.78 is 28.6. The summed E-state index contributed by atoms with van der Waals surface area (Å²) in [7, 11) is -3.74. The molecule has 4 heteroatoms. The van der Waals surface area contributed by atoms with Crippen LogP contribution in [0.5, 0.6) is 0 Å². The molecule has 3 aromatic rings. The Morgan fingerprint density at radius 1 is 0.571 bits per heavy atom. The maximum Gasteiger partial charge on any atom is 0.268 e. The minimum Gasteiger partial charge on any atom is -0.235 e. The fourth-order valence-electron chi connectivity index (χ4n) is 3.16. The first-order chi connectivity index (χ1) is 13.5. The molecule has 0 spiro atoms. The summed E-state index contributed by atoms with van der Waals surface area (Å²) in [5, 5.41) is 0. The quantitative estimate of drug-likeness (QED) is 0.501. The average Bonchev–Trinajstić information content (AvgIpc) is 2.75. The molecule has 3 rings (SSSR count). The maximum atomic E-state index is 13.6. The lowest BCUT2D eigenvalue weighted by atomic mass is 10.1. The Hall–Kier alpha value is -2.59. The van der Waals surface area contributed by atoms with E-state index in [1.807, 2.05) is 60.7 Å². The average molecular weight is 394 g/mol. The molecule has 0 saturated heterocycles. The Balaban J connectivity index is 2.12. The van der Waals surface area contributed by atoms with E-state index in [0.717, 1.165) is 24.8 Å². The largest absolute Gasteiger partial charge is 0.268 e. The number of benzene rings is 3. The second kappa shape index (κ2) is 8.61. The summed E-state index contributed by atoms with van der Waals surface area (Å²) in [5.41, 5.74) is 4.75. The van der Waals surface area contributed by atoms with E-state index in [4.69, 9.17) is 0 Å². The SMILES string of the molecule is CCc1ccc(N(c2ccc(CC)cc2)S(=O)(=O)c2ccc(CC)cc2)cc1. The van der Waals surface area contributed by atoms with Gasteiger partial charge in [0.25, 0.3) is 10.0 Å². The van der Waals surface area contributed by atoms with Gasteiger partial charge in [-0.1, -0.05) is 57.2 Å². The number of aryl methyl sites for hydroxylation is 3. The zero-order valence-electron chi connectivity index (χ0n) is 16.7. The predicted molar refractivity (Wildman–Crippen MR) is 117 cm³/mol. The molecule has 3 aromatic carbocycles. The normalized spacial score (nSPS) is 11.4. The van der Waals surface area contributed by atoms with Gasteiger partial charge in [0.2, 0.25) is 0 Å². The van der Waals surface area contributed by atoms with Crippen molar-refractivity contribution >= 4 is 21.4 Å². The molecule has 3 nitrogen and oxygen atoms in total. The molecule has 0 amide bonds. The van der Waals surface area contributed by atoms with E-state index in [-0.39, 0.29) is 0 Å². The Morgan fingerprint density at radius 2 is 0.893 bits per heavy atom. The lowest BCUT2D eigenvalue weighted by molar-refractivity contribution is 0.596. The monoisotopic (exact) mass is 393 g/mol. The van der Waals surface area contributed by atoms with Crippen LogP contribution in [0.4, 0.5) is 11.4 Å². The molecule has 28 heavy (non-hydrogen) atoms. The van der Waals surface area contributed by atoms with Crippen molar-refractivity contribution in [3.8, 4) is 0 Å². The number of rotatable bonds is 7. The zero-order chi connectivity index (χ0) is 20.1. The number of nitrogens with zero attached hydrogens (tertiary/aromatic N) is 1. The van der Waals surface area contributed by atoms with Crippen molar-refractivity contribution in [2.45, 2.75) is 44.9 Å². The van der Waals surface area contributed by atoms with Crippen molar-refractivity contribution in [1.82, 2.24) is 0 Å². The van der Waals surface area contributed by atoms with Crippen LogP contribution in [0.25, 0.3) is 0 Å². The van der Waals surface area contributed by atoms with Crippen molar-refractivity contribution in [3.05, 3.63) is 89.5 Å². The summed E-state index contributed by atoms with van der Waals surface area (Å²) in [6, 6.07) is 22.6. The topological polar surface area (TPSA) is 37.4 Å². The number of sulfonamides is 1. The molecule has 0 N–H and O–H groups in total. The molecule has 0 aliphatic heterocycles. The van der Waals surface area contributed by atoms with Crippen molar-refractivity contribution in [2.75, 3.05) is 4.31 Å². The van der Waals surface area contributed by atoms with Gasteiger partial charge in [-0.3, -0.25) is 0 Å². The standard InChI is InChI=1S/C24H27NO2S/c1-4-19-7-13-22(14-8-19)25(23-15-9-20(5-2)10-16-23)28(26,27)24-17-11-21(6-3)12-18-24/h7-18H,4-6H2,1-3H3. The molecule has 146 valence electrons. The Morgan fingerprint density at radius 3 is 1.21 bits per heavy atom. The minimum absolute atomic E-state index is 0.295. The number of hydrogen-bond donors (Lipinski definition) is 0. The lowest BCUT2D eigenvalue weighted by Gasteiger charge is -2.25. The van der Waals surface area contributed by atoms with Gasteiger partial charge in [-0.15, -0.1) is 0 Å². The second-order valence-electron chi connectivity index (χ2n) is 6.81. The van der Waals surface area contributed by atoms with Gasteiger partial charge in [-0.2, -0.15) is 0 Å².